The lowest BCUT2D eigenvalue weighted by Crippen LogP contribution is -2.04. The third-order valence-corrected chi connectivity index (χ3v) is 3.21. The lowest BCUT2D eigenvalue weighted by Gasteiger charge is -2.10. The van der Waals surface area contributed by atoms with E-state index < -0.39 is 0 Å². The van der Waals surface area contributed by atoms with Crippen LogP contribution in [0.15, 0.2) is 42.5 Å². The van der Waals surface area contributed by atoms with E-state index in [9.17, 15) is 0 Å². The van der Waals surface area contributed by atoms with Gasteiger partial charge in [-0.05, 0) is 41.8 Å². The first kappa shape index (κ1) is 12.9. The summed E-state index contributed by atoms with van der Waals surface area (Å²) in [6.07, 6.45) is 0. The average molecular weight is 262 g/mol. The Morgan fingerprint density at radius 1 is 1.11 bits per heavy atom. The Balaban J connectivity index is 2.45. The molecule has 3 heteroatoms. The molecule has 0 heterocycles. The van der Waals surface area contributed by atoms with Crippen molar-refractivity contribution < 1.29 is 4.74 Å². The first-order valence-corrected chi connectivity index (χ1v) is 6.19. The quantitative estimate of drug-likeness (QED) is 0.905. The van der Waals surface area contributed by atoms with E-state index in [1.807, 2.05) is 37.3 Å². The van der Waals surface area contributed by atoms with Gasteiger partial charge in [-0.1, -0.05) is 35.9 Å². The number of nitrogens with two attached hydrogens (primary N) is 1. The molecule has 0 saturated heterocycles. The van der Waals surface area contributed by atoms with Crippen LogP contribution in [0.1, 0.15) is 18.5 Å². The highest BCUT2D eigenvalue weighted by Gasteiger charge is 2.06. The largest absolute Gasteiger partial charge is 0.495 e. The predicted molar refractivity (Wildman–Crippen MR) is 76.0 cm³/mol. The van der Waals surface area contributed by atoms with Crippen molar-refractivity contribution in [3.8, 4) is 16.9 Å². The summed E-state index contributed by atoms with van der Waals surface area (Å²) in [7, 11) is 1.61. The van der Waals surface area contributed by atoms with Gasteiger partial charge in [0.05, 0.1) is 12.1 Å². The molecule has 0 bridgehead atoms. The molecule has 2 aromatic carbocycles. The Hall–Kier alpha value is -1.51. The van der Waals surface area contributed by atoms with Gasteiger partial charge < -0.3 is 10.5 Å². The highest BCUT2D eigenvalue weighted by Crippen LogP contribution is 2.31. The van der Waals surface area contributed by atoms with Crippen LogP contribution < -0.4 is 10.5 Å². The Bertz CT molecular complexity index is 552. The third kappa shape index (κ3) is 2.66. The van der Waals surface area contributed by atoms with Gasteiger partial charge in [0.15, 0.2) is 0 Å². The Morgan fingerprint density at radius 3 is 2.50 bits per heavy atom. The number of rotatable bonds is 3. The van der Waals surface area contributed by atoms with E-state index in [4.69, 9.17) is 22.1 Å². The summed E-state index contributed by atoms with van der Waals surface area (Å²) >= 11 is 6.02. The molecule has 0 amide bonds. The van der Waals surface area contributed by atoms with Gasteiger partial charge in [-0.3, -0.25) is 0 Å². The number of hydrogen-bond donors (Lipinski definition) is 1. The fourth-order valence-corrected chi connectivity index (χ4v) is 2.04. The molecular weight excluding hydrogens is 246 g/mol. The molecule has 0 aliphatic heterocycles. The molecule has 18 heavy (non-hydrogen) atoms. The van der Waals surface area contributed by atoms with Crippen LogP contribution in [0.25, 0.3) is 11.1 Å². The summed E-state index contributed by atoms with van der Waals surface area (Å²) in [5.74, 6) is 0.681. The normalized spacial score (nSPS) is 12.2. The van der Waals surface area contributed by atoms with E-state index in [1.54, 1.807) is 7.11 Å². The molecule has 2 nitrogen and oxygen atoms in total. The van der Waals surface area contributed by atoms with Crippen molar-refractivity contribution in [2.45, 2.75) is 13.0 Å². The first-order valence-electron chi connectivity index (χ1n) is 5.81. The molecule has 2 rings (SSSR count). The number of benzene rings is 2. The fourth-order valence-electron chi connectivity index (χ4n) is 1.84. The van der Waals surface area contributed by atoms with Crippen molar-refractivity contribution in [2.75, 3.05) is 7.11 Å². The Labute approximate surface area is 112 Å². The number of ether oxygens (including phenoxy) is 1. The zero-order valence-electron chi connectivity index (χ0n) is 10.5. The van der Waals surface area contributed by atoms with Crippen molar-refractivity contribution in [3.63, 3.8) is 0 Å². The molecule has 0 fully saturated rings. The maximum Gasteiger partial charge on any atom is 0.138 e. The second-order valence-electron chi connectivity index (χ2n) is 4.26. The van der Waals surface area contributed by atoms with Crippen molar-refractivity contribution in [1.82, 2.24) is 0 Å². The minimum atomic E-state index is 0.0270. The van der Waals surface area contributed by atoms with Crippen LogP contribution >= 0.6 is 11.6 Å². The monoisotopic (exact) mass is 261 g/mol. The van der Waals surface area contributed by atoms with Crippen LogP contribution in [0.4, 0.5) is 0 Å². The fraction of sp³-hybridized carbons (Fsp3) is 0.200. The summed E-state index contributed by atoms with van der Waals surface area (Å²) < 4.78 is 5.23. The molecule has 0 saturated carbocycles. The summed E-state index contributed by atoms with van der Waals surface area (Å²) in [6.45, 7) is 1.97. The summed E-state index contributed by atoms with van der Waals surface area (Å²) in [5.41, 5.74) is 9.19. The minimum Gasteiger partial charge on any atom is -0.495 e. The summed E-state index contributed by atoms with van der Waals surface area (Å²) in [6, 6.07) is 14.0. The molecule has 0 aliphatic rings. The van der Waals surface area contributed by atoms with Crippen LogP contribution in [0.3, 0.4) is 0 Å². The zero-order valence-corrected chi connectivity index (χ0v) is 11.2. The van der Waals surface area contributed by atoms with Gasteiger partial charge in [-0.25, -0.2) is 0 Å². The van der Waals surface area contributed by atoms with Crippen LogP contribution in [0.5, 0.6) is 5.75 Å². The van der Waals surface area contributed by atoms with Gasteiger partial charge in [-0.2, -0.15) is 0 Å². The van der Waals surface area contributed by atoms with Gasteiger partial charge in [0, 0.05) is 6.04 Å². The third-order valence-electron chi connectivity index (χ3n) is 2.90. The molecule has 1 atom stereocenters. The molecule has 2 aromatic rings. The standard InChI is InChI=1S/C15H16ClNO/c1-10(17)11-4-3-5-12(8-11)13-6-7-14(16)15(9-13)18-2/h3-10H,17H2,1-2H3. The first-order chi connectivity index (χ1) is 8.61. The molecule has 0 radical (unpaired) electrons. The van der Waals surface area contributed by atoms with Crippen LogP contribution in [-0.4, -0.2) is 7.11 Å². The van der Waals surface area contributed by atoms with Gasteiger partial charge in [0.2, 0.25) is 0 Å². The topological polar surface area (TPSA) is 35.2 Å². The Morgan fingerprint density at radius 2 is 1.83 bits per heavy atom. The van der Waals surface area contributed by atoms with E-state index in [1.165, 1.54) is 0 Å². The zero-order chi connectivity index (χ0) is 13.1. The van der Waals surface area contributed by atoms with Gasteiger partial charge in [0.1, 0.15) is 5.75 Å². The molecule has 0 aliphatic carbocycles. The summed E-state index contributed by atoms with van der Waals surface area (Å²) in [4.78, 5) is 0. The second-order valence-corrected chi connectivity index (χ2v) is 4.67. The van der Waals surface area contributed by atoms with E-state index in [0.29, 0.717) is 10.8 Å². The highest BCUT2D eigenvalue weighted by atomic mass is 35.5. The van der Waals surface area contributed by atoms with Crippen LogP contribution in [0, 0.1) is 0 Å². The molecule has 0 spiro atoms. The Kier molecular flexibility index (Phi) is 3.90. The molecule has 0 aromatic heterocycles. The van der Waals surface area contributed by atoms with Gasteiger partial charge >= 0.3 is 0 Å². The van der Waals surface area contributed by atoms with Gasteiger partial charge in [0.25, 0.3) is 0 Å². The van der Waals surface area contributed by atoms with Crippen LogP contribution in [0.2, 0.25) is 5.02 Å². The SMILES string of the molecule is COc1cc(-c2cccc(C(C)N)c2)ccc1Cl. The highest BCUT2D eigenvalue weighted by molar-refractivity contribution is 6.32. The lowest BCUT2D eigenvalue weighted by molar-refractivity contribution is 0.415. The lowest BCUT2D eigenvalue weighted by atomic mass is 10.0. The van der Waals surface area contributed by atoms with Crippen LogP contribution in [-0.2, 0) is 0 Å². The maximum absolute atomic E-state index is 6.02. The average Bonchev–Trinajstić information content (AvgIpc) is 2.39. The second kappa shape index (κ2) is 5.42. The molecule has 1 unspecified atom stereocenters. The van der Waals surface area contributed by atoms with Gasteiger partial charge in [-0.15, -0.1) is 0 Å². The molecule has 2 N–H and O–H groups in total. The van der Waals surface area contributed by atoms with Crippen molar-refractivity contribution >= 4 is 11.6 Å². The maximum atomic E-state index is 6.02. The van der Waals surface area contributed by atoms with E-state index in [0.717, 1.165) is 16.7 Å². The number of methoxy groups -OCH3 is 1. The number of halogens is 1. The minimum absolute atomic E-state index is 0.0270. The van der Waals surface area contributed by atoms with Crippen molar-refractivity contribution in [3.05, 3.63) is 53.1 Å². The molecular formula is C15H16ClNO. The molecule has 94 valence electrons. The van der Waals surface area contributed by atoms with Crippen molar-refractivity contribution in [1.29, 1.82) is 0 Å². The summed E-state index contributed by atoms with van der Waals surface area (Å²) in [5, 5.41) is 0.615. The number of hydrogen-bond acceptors (Lipinski definition) is 2. The van der Waals surface area contributed by atoms with E-state index >= 15 is 0 Å². The van der Waals surface area contributed by atoms with Crippen molar-refractivity contribution in [2.24, 2.45) is 5.73 Å². The predicted octanol–water partition coefficient (Wildman–Crippen LogP) is 4.04. The smallest absolute Gasteiger partial charge is 0.138 e. The van der Waals surface area contributed by atoms with E-state index in [-0.39, 0.29) is 6.04 Å². The van der Waals surface area contributed by atoms with E-state index in [2.05, 4.69) is 12.1 Å².